The van der Waals surface area contributed by atoms with Gasteiger partial charge in [-0.15, -0.1) is 0 Å². The standard InChI is InChI=1S/C25H29N3O7/c1-4-7-18-22(11-10-17(15(3)29)23(18)31)35-14-16(30)13-27-20-8-6-9-21(19(20)12-26)28-24(32)25(33)34-5-2/h6,8-11,16,27,30-31H,4-5,7,13-14H2,1-3H3,(H,28,32). The number of nitriles is 1. The Morgan fingerprint density at radius 2 is 1.86 bits per heavy atom. The largest absolute Gasteiger partial charge is 0.507 e. The van der Waals surface area contributed by atoms with Crippen molar-refractivity contribution < 1.29 is 34.1 Å². The fourth-order valence-electron chi connectivity index (χ4n) is 3.30. The Kier molecular flexibility index (Phi) is 10.1. The average molecular weight is 484 g/mol. The third-order valence-electron chi connectivity index (χ3n) is 4.96. The van der Waals surface area contributed by atoms with Crippen LogP contribution in [0.15, 0.2) is 30.3 Å². The van der Waals surface area contributed by atoms with Crippen LogP contribution < -0.4 is 15.4 Å². The fourth-order valence-corrected chi connectivity index (χ4v) is 3.30. The topological polar surface area (TPSA) is 158 Å². The molecule has 0 heterocycles. The molecule has 1 amide bonds. The Balaban J connectivity index is 2.06. The highest BCUT2D eigenvalue weighted by molar-refractivity contribution is 6.37. The Hall–Kier alpha value is -4.10. The number of esters is 1. The molecule has 2 aromatic carbocycles. The number of aliphatic hydroxyl groups excluding tert-OH is 1. The van der Waals surface area contributed by atoms with Crippen LogP contribution in [0.2, 0.25) is 0 Å². The van der Waals surface area contributed by atoms with E-state index in [4.69, 9.17) is 4.74 Å². The van der Waals surface area contributed by atoms with Gasteiger partial charge in [-0.25, -0.2) is 4.79 Å². The first-order valence-corrected chi connectivity index (χ1v) is 11.1. The molecule has 0 spiro atoms. The number of ether oxygens (including phenoxy) is 2. The smallest absolute Gasteiger partial charge is 0.397 e. The predicted octanol–water partition coefficient (Wildman–Crippen LogP) is 2.77. The lowest BCUT2D eigenvalue weighted by atomic mass is 10.0. The van der Waals surface area contributed by atoms with Gasteiger partial charge >= 0.3 is 11.9 Å². The molecule has 0 bridgehead atoms. The number of Topliss-reactive ketones (excluding diaryl/α,β-unsaturated/α-hetero) is 1. The van der Waals surface area contributed by atoms with Crippen LogP contribution in [-0.4, -0.2) is 53.7 Å². The number of hydrogen-bond acceptors (Lipinski definition) is 9. The molecule has 0 aromatic heterocycles. The average Bonchev–Trinajstić information content (AvgIpc) is 2.83. The number of ketones is 1. The van der Waals surface area contributed by atoms with Crippen LogP contribution in [0.3, 0.4) is 0 Å². The Morgan fingerprint density at radius 3 is 2.49 bits per heavy atom. The van der Waals surface area contributed by atoms with E-state index < -0.39 is 18.0 Å². The fraction of sp³-hybridized carbons (Fsp3) is 0.360. The summed E-state index contributed by atoms with van der Waals surface area (Å²) in [6.45, 7) is 4.79. The molecule has 35 heavy (non-hydrogen) atoms. The van der Waals surface area contributed by atoms with Crippen molar-refractivity contribution in [3.05, 3.63) is 47.0 Å². The van der Waals surface area contributed by atoms with Gasteiger partial charge in [0.1, 0.15) is 30.3 Å². The van der Waals surface area contributed by atoms with Crippen LogP contribution in [0.25, 0.3) is 0 Å². The minimum Gasteiger partial charge on any atom is -0.507 e. The zero-order chi connectivity index (χ0) is 26.0. The number of amides is 1. The first kappa shape index (κ1) is 27.1. The van der Waals surface area contributed by atoms with E-state index in [1.54, 1.807) is 25.1 Å². The second-order valence-electron chi connectivity index (χ2n) is 7.60. The highest BCUT2D eigenvalue weighted by atomic mass is 16.5. The number of aromatic hydroxyl groups is 1. The monoisotopic (exact) mass is 483 g/mol. The number of carbonyl (C=O) groups is 3. The molecule has 0 aliphatic heterocycles. The zero-order valence-corrected chi connectivity index (χ0v) is 19.9. The lowest BCUT2D eigenvalue weighted by Gasteiger charge is -2.18. The highest BCUT2D eigenvalue weighted by Crippen LogP contribution is 2.33. The SMILES string of the molecule is CCCc1c(OCC(O)CNc2cccc(NC(=O)C(=O)OCC)c2C#N)ccc(C(C)=O)c1O. The van der Waals surface area contributed by atoms with Gasteiger partial charge in [0.15, 0.2) is 5.78 Å². The molecule has 0 saturated heterocycles. The zero-order valence-electron chi connectivity index (χ0n) is 19.9. The molecule has 0 radical (unpaired) electrons. The highest BCUT2D eigenvalue weighted by Gasteiger charge is 2.19. The number of rotatable bonds is 11. The quantitative estimate of drug-likeness (QED) is 0.214. The van der Waals surface area contributed by atoms with Gasteiger partial charge in [0.05, 0.1) is 29.1 Å². The number of hydrogen-bond donors (Lipinski definition) is 4. The Labute approximate surface area is 203 Å². The van der Waals surface area contributed by atoms with E-state index in [0.717, 1.165) is 6.42 Å². The molecule has 0 aliphatic rings. The summed E-state index contributed by atoms with van der Waals surface area (Å²) in [7, 11) is 0. The van der Waals surface area contributed by atoms with Crippen LogP contribution >= 0.6 is 0 Å². The molecule has 4 N–H and O–H groups in total. The van der Waals surface area contributed by atoms with Crippen molar-refractivity contribution in [3.63, 3.8) is 0 Å². The number of phenols is 1. The lowest BCUT2D eigenvalue weighted by molar-refractivity contribution is -0.152. The third-order valence-corrected chi connectivity index (χ3v) is 4.96. The summed E-state index contributed by atoms with van der Waals surface area (Å²) in [5.74, 6) is -2.08. The molecule has 2 aromatic rings. The minimum absolute atomic E-state index is 0.00454. The van der Waals surface area contributed by atoms with Crippen molar-refractivity contribution in [2.45, 2.75) is 39.7 Å². The summed E-state index contributed by atoms with van der Waals surface area (Å²) in [5, 5.41) is 35.7. The van der Waals surface area contributed by atoms with Crippen molar-refractivity contribution in [1.29, 1.82) is 5.26 Å². The molecule has 0 saturated carbocycles. The molecule has 1 atom stereocenters. The summed E-state index contributed by atoms with van der Waals surface area (Å²) < 4.78 is 10.3. The van der Waals surface area contributed by atoms with Gasteiger partial charge < -0.3 is 30.3 Å². The maximum Gasteiger partial charge on any atom is 0.397 e. The van der Waals surface area contributed by atoms with Gasteiger partial charge in [-0.05, 0) is 44.5 Å². The van der Waals surface area contributed by atoms with Crippen LogP contribution in [0.4, 0.5) is 11.4 Å². The lowest BCUT2D eigenvalue weighted by Crippen LogP contribution is -2.27. The van der Waals surface area contributed by atoms with E-state index in [1.165, 1.54) is 19.1 Å². The summed E-state index contributed by atoms with van der Waals surface area (Å²) in [6, 6.07) is 9.66. The van der Waals surface area contributed by atoms with E-state index in [9.17, 15) is 29.9 Å². The van der Waals surface area contributed by atoms with Gasteiger partial charge in [0.2, 0.25) is 0 Å². The molecule has 0 fully saturated rings. The number of carbonyl (C=O) groups excluding carboxylic acids is 3. The number of anilines is 2. The molecule has 10 heteroatoms. The maximum absolute atomic E-state index is 11.9. The molecule has 10 nitrogen and oxygen atoms in total. The van der Waals surface area contributed by atoms with Crippen molar-refractivity contribution >= 4 is 29.0 Å². The van der Waals surface area contributed by atoms with Gasteiger partial charge in [-0.3, -0.25) is 9.59 Å². The molecule has 186 valence electrons. The van der Waals surface area contributed by atoms with Crippen LogP contribution in [-0.2, 0) is 20.7 Å². The summed E-state index contributed by atoms with van der Waals surface area (Å²) >= 11 is 0. The number of aliphatic hydroxyl groups is 1. The first-order valence-electron chi connectivity index (χ1n) is 11.1. The van der Waals surface area contributed by atoms with Crippen molar-refractivity contribution in [2.75, 3.05) is 30.4 Å². The second kappa shape index (κ2) is 13.0. The number of nitrogens with zero attached hydrogens (tertiary/aromatic N) is 1. The molecular weight excluding hydrogens is 454 g/mol. The third kappa shape index (κ3) is 7.19. The number of phenolic OH excluding ortho intramolecular Hbond substituents is 1. The van der Waals surface area contributed by atoms with Crippen molar-refractivity contribution in [1.82, 2.24) is 0 Å². The summed E-state index contributed by atoms with van der Waals surface area (Å²) in [6.07, 6.45) is 0.213. The van der Waals surface area contributed by atoms with E-state index >= 15 is 0 Å². The van der Waals surface area contributed by atoms with Crippen LogP contribution in [0.5, 0.6) is 11.5 Å². The molecular formula is C25H29N3O7. The molecule has 0 aliphatic carbocycles. The first-order chi connectivity index (χ1) is 16.7. The van der Waals surface area contributed by atoms with Gasteiger partial charge in [-0.2, -0.15) is 5.26 Å². The van der Waals surface area contributed by atoms with E-state index in [1.807, 2.05) is 13.0 Å². The van der Waals surface area contributed by atoms with Crippen LogP contribution in [0, 0.1) is 11.3 Å². The number of benzene rings is 2. The van der Waals surface area contributed by atoms with Crippen molar-refractivity contribution in [2.24, 2.45) is 0 Å². The second-order valence-corrected chi connectivity index (χ2v) is 7.60. The van der Waals surface area contributed by atoms with Gasteiger partial charge in [0, 0.05) is 12.1 Å². The van der Waals surface area contributed by atoms with E-state index in [-0.39, 0.29) is 48.1 Å². The Morgan fingerprint density at radius 1 is 1.14 bits per heavy atom. The van der Waals surface area contributed by atoms with Gasteiger partial charge in [-0.1, -0.05) is 19.4 Å². The minimum atomic E-state index is -1.06. The summed E-state index contributed by atoms with van der Waals surface area (Å²) in [5.41, 5.74) is 1.24. The van der Waals surface area contributed by atoms with E-state index in [0.29, 0.717) is 23.4 Å². The number of nitrogens with one attached hydrogen (secondary N) is 2. The predicted molar refractivity (Wildman–Crippen MR) is 129 cm³/mol. The van der Waals surface area contributed by atoms with Crippen LogP contribution in [0.1, 0.15) is 48.7 Å². The molecule has 2 rings (SSSR count). The molecule has 1 unspecified atom stereocenters. The Bertz CT molecular complexity index is 1120. The summed E-state index contributed by atoms with van der Waals surface area (Å²) in [4.78, 5) is 35.2. The van der Waals surface area contributed by atoms with Crippen molar-refractivity contribution in [3.8, 4) is 17.6 Å². The van der Waals surface area contributed by atoms with E-state index in [2.05, 4.69) is 15.4 Å². The van der Waals surface area contributed by atoms with Gasteiger partial charge in [0.25, 0.3) is 0 Å². The normalized spacial score (nSPS) is 11.2. The maximum atomic E-state index is 11.9.